The number of fused-ring (bicyclic) bond motifs is 1. The van der Waals surface area contributed by atoms with Gasteiger partial charge < -0.3 is 9.47 Å². The highest BCUT2D eigenvalue weighted by Crippen LogP contribution is 2.37. The summed E-state index contributed by atoms with van der Waals surface area (Å²) in [5.74, 6) is -0.322. The molecule has 164 valence electrons. The predicted octanol–water partition coefficient (Wildman–Crippen LogP) is 4.78. The molecule has 0 unspecified atom stereocenters. The number of aromatic nitrogens is 2. The summed E-state index contributed by atoms with van der Waals surface area (Å²) in [5.41, 5.74) is 3.26. The summed E-state index contributed by atoms with van der Waals surface area (Å²) in [7, 11) is -1.95. The Bertz CT molecular complexity index is 1390. The summed E-state index contributed by atoms with van der Waals surface area (Å²) in [4.78, 5) is 6.78. The molecule has 0 radical (unpaired) electrons. The van der Waals surface area contributed by atoms with Crippen molar-refractivity contribution in [3.05, 3.63) is 72.8 Å². The molecule has 32 heavy (non-hydrogen) atoms. The Hall–Kier alpha value is -3.39. The molecule has 0 spiro atoms. The van der Waals surface area contributed by atoms with Crippen LogP contribution in [0.25, 0.3) is 22.2 Å². The predicted molar refractivity (Wildman–Crippen MR) is 125 cm³/mol. The number of halogens is 1. The van der Waals surface area contributed by atoms with E-state index in [4.69, 9.17) is 0 Å². The van der Waals surface area contributed by atoms with Crippen LogP contribution >= 0.6 is 0 Å². The Morgan fingerprint density at radius 2 is 1.78 bits per heavy atom. The molecule has 0 amide bonds. The van der Waals surface area contributed by atoms with Crippen LogP contribution in [-0.2, 0) is 17.1 Å². The number of nitrogens with one attached hydrogen (secondary N) is 1. The Kier molecular flexibility index (Phi) is 5.09. The van der Waals surface area contributed by atoms with Crippen molar-refractivity contribution in [2.75, 3.05) is 22.7 Å². The van der Waals surface area contributed by atoms with Gasteiger partial charge in [-0.15, -0.1) is 0 Å². The van der Waals surface area contributed by atoms with E-state index in [1.54, 1.807) is 48.7 Å². The van der Waals surface area contributed by atoms with E-state index in [-0.39, 0.29) is 10.7 Å². The van der Waals surface area contributed by atoms with E-state index < -0.39 is 10.0 Å². The normalized spacial score (nSPS) is 14.2. The van der Waals surface area contributed by atoms with Crippen molar-refractivity contribution in [2.45, 2.75) is 17.7 Å². The van der Waals surface area contributed by atoms with E-state index >= 15 is 0 Å². The molecular weight excluding hydrogens is 427 g/mol. The summed E-state index contributed by atoms with van der Waals surface area (Å²) in [6.45, 7) is 1.81. The topological polar surface area (TPSA) is 67.2 Å². The Labute approximate surface area is 186 Å². The third kappa shape index (κ3) is 3.71. The van der Waals surface area contributed by atoms with Gasteiger partial charge in [0.15, 0.2) is 0 Å². The first-order chi connectivity index (χ1) is 15.4. The molecule has 2 aromatic heterocycles. The van der Waals surface area contributed by atoms with Gasteiger partial charge in [-0.25, -0.2) is 17.8 Å². The smallest absolute Gasteiger partial charge is 0.261 e. The molecule has 1 saturated heterocycles. The average Bonchev–Trinajstić information content (AvgIpc) is 3.43. The molecular formula is C24H23FN4O2S. The lowest BCUT2D eigenvalue weighted by atomic mass is 10.0. The van der Waals surface area contributed by atoms with Gasteiger partial charge in [0.1, 0.15) is 11.5 Å². The molecule has 6 nitrogen and oxygen atoms in total. The number of anilines is 2. The van der Waals surface area contributed by atoms with Gasteiger partial charge in [-0.2, -0.15) is 0 Å². The van der Waals surface area contributed by atoms with Crippen LogP contribution < -0.4 is 9.62 Å². The van der Waals surface area contributed by atoms with Crippen molar-refractivity contribution in [3.8, 4) is 11.1 Å². The molecule has 0 aliphatic carbocycles. The molecule has 2 aromatic carbocycles. The van der Waals surface area contributed by atoms with E-state index in [9.17, 15) is 12.8 Å². The highest BCUT2D eigenvalue weighted by molar-refractivity contribution is 7.92. The number of aryl methyl sites for hydroxylation is 1. The Balaban J connectivity index is 1.65. The minimum Gasteiger partial charge on any atom is -0.371 e. The summed E-state index contributed by atoms with van der Waals surface area (Å²) in [6.07, 6.45) is 5.61. The zero-order chi connectivity index (χ0) is 22.3. The monoisotopic (exact) mass is 450 g/mol. The van der Waals surface area contributed by atoms with Crippen LogP contribution in [0.1, 0.15) is 12.8 Å². The zero-order valence-corrected chi connectivity index (χ0v) is 18.4. The minimum atomic E-state index is -3.79. The maximum Gasteiger partial charge on any atom is 0.261 e. The first-order valence-electron chi connectivity index (χ1n) is 10.5. The fourth-order valence-corrected chi connectivity index (χ4v) is 5.39. The number of hydrogen-bond acceptors (Lipinski definition) is 4. The molecule has 1 N–H and O–H groups in total. The summed E-state index contributed by atoms with van der Waals surface area (Å²) >= 11 is 0. The van der Waals surface area contributed by atoms with Crippen LogP contribution in [-0.4, -0.2) is 31.1 Å². The number of nitrogens with zero attached hydrogens (tertiary/aromatic N) is 3. The van der Waals surface area contributed by atoms with Crippen molar-refractivity contribution < 1.29 is 12.8 Å². The quantitative estimate of drug-likeness (QED) is 0.475. The maximum atomic E-state index is 14.6. The SMILES string of the molecule is Cn1cc(-c2cc(F)cc(N3CCCC3)c2)c2c(NS(=O)(=O)c3ccccc3)ccnc21. The van der Waals surface area contributed by atoms with Gasteiger partial charge in [0.05, 0.1) is 16.0 Å². The van der Waals surface area contributed by atoms with Crippen molar-refractivity contribution in [2.24, 2.45) is 7.05 Å². The van der Waals surface area contributed by atoms with Crippen molar-refractivity contribution >= 4 is 32.4 Å². The van der Waals surface area contributed by atoms with Crippen molar-refractivity contribution in [3.63, 3.8) is 0 Å². The zero-order valence-electron chi connectivity index (χ0n) is 17.6. The van der Waals surface area contributed by atoms with Crippen molar-refractivity contribution in [1.29, 1.82) is 0 Å². The van der Waals surface area contributed by atoms with E-state index in [1.807, 2.05) is 23.9 Å². The molecule has 0 atom stereocenters. The highest BCUT2D eigenvalue weighted by atomic mass is 32.2. The molecule has 1 aliphatic heterocycles. The third-order valence-corrected chi connectivity index (χ3v) is 7.20. The first kappa shape index (κ1) is 20.5. The number of pyridine rings is 1. The number of benzene rings is 2. The fraction of sp³-hybridized carbons (Fsp3) is 0.208. The number of rotatable bonds is 5. The lowest BCUT2D eigenvalue weighted by Gasteiger charge is -2.18. The third-order valence-electron chi connectivity index (χ3n) is 5.82. The standard InChI is InChI=1S/C24H23FN4O2S/c1-28-16-21(17-13-18(25)15-19(14-17)29-11-5-6-12-29)23-22(9-10-26-24(23)28)27-32(30,31)20-7-3-2-4-8-20/h2-4,7-10,13-16H,5-6,11-12H2,1H3,(H,26,27). The van der Waals surface area contributed by atoms with Crippen LogP contribution in [0.2, 0.25) is 0 Å². The molecule has 0 bridgehead atoms. The Morgan fingerprint density at radius 1 is 1.03 bits per heavy atom. The van der Waals surface area contributed by atoms with E-state index in [2.05, 4.69) is 14.6 Å². The van der Waals surface area contributed by atoms with Crippen LogP contribution in [0.3, 0.4) is 0 Å². The van der Waals surface area contributed by atoms with Gasteiger partial charge in [-0.3, -0.25) is 4.72 Å². The van der Waals surface area contributed by atoms with Crippen LogP contribution in [0.5, 0.6) is 0 Å². The van der Waals surface area contributed by atoms with Gasteiger partial charge in [-0.05, 0) is 54.8 Å². The molecule has 1 aliphatic rings. The second-order valence-electron chi connectivity index (χ2n) is 8.02. The van der Waals surface area contributed by atoms with Crippen molar-refractivity contribution in [1.82, 2.24) is 9.55 Å². The van der Waals surface area contributed by atoms with E-state index in [0.717, 1.165) is 37.2 Å². The second kappa shape index (κ2) is 7.94. The van der Waals surface area contributed by atoms with Gasteiger partial charge in [0.2, 0.25) is 0 Å². The summed E-state index contributed by atoms with van der Waals surface area (Å²) in [5, 5.41) is 0.632. The van der Waals surface area contributed by atoms with Gasteiger partial charge in [-0.1, -0.05) is 18.2 Å². The summed E-state index contributed by atoms with van der Waals surface area (Å²) < 4.78 is 45.1. The average molecular weight is 451 g/mol. The second-order valence-corrected chi connectivity index (χ2v) is 9.70. The maximum absolute atomic E-state index is 14.6. The lowest BCUT2D eigenvalue weighted by Crippen LogP contribution is -2.17. The van der Waals surface area contributed by atoms with Crippen LogP contribution in [0.15, 0.2) is 71.9 Å². The minimum absolute atomic E-state index is 0.171. The van der Waals surface area contributed by atoms with Gasteiger partial charge in [0, 0.05) is 43.8 Å². The molecule has 3 heterocycles. The van der Waals surface area contributed by atoms with Gasteiger partial charge in [0.25, 0.3) is 10.0 Å². The first-order valence-corrected chi connectivity index (χ1v) is 12.0. The van der Waals surface area contributed by atoms with Crippen LogP contribution in [0, 0.1) is 5.82 Å². The largest absolute Gasteiger partial charge is 0.371 e. The molecule has 1 fully saturated rings. The molecule has 5 rings (SSSR count). The van der Waals surface area contributed by atoms with E-state index in [1.165, 1.54) is 6.07 Å². The van der Waals surface area contributed by atoms with Gasteiger partial charge >= 0.3 is 0 Å². The number of sulfonamides is 1. The molecule has 8 heteroatoms. The van der Waals surface area contributed by atoms with E-state index in [0.29, 0.717) is 22.3 Å². The lowest BCUT2D eigenvalue weighted by molar-refractivity contribution is 0.601. The Morgan fingerprint density at radius 3 is 2.53 bits per heavy atom. The number of hydrogen-bond donors (Lipinski definition) is 1. The molecule has 4 aromatic rings. The molecule has 0 saturated carbocycles. The highest BCUT2D eigenvalue weighted by Gasteiger charge is 2.21. The summed E-state index contributed by atoms with van der Waals surface area (Å²) in [6, 6.07) is 14.8. The fourth-order valence-electron chi connectivity index (χ4n) is 4.30. The van der Waals surface area contributed by atoms with Crippen LogP contribution in [0.4, 0.5) is 15.8 Å².